The summed E-state index contributed by atoms with van der Waals surface area (Å²) in [4.78, 5) is 1.35. The number of rotatable bonds is 4. The molecule has 0 bridgehead atoms. The molecule has 4 heteroatoms. The Kier molecular flexibility index (Phi) is 4.81. The fraction of sp³-hybridized carbons (Fsp3) is 0.400. The fourth-order valence-electron chi connectivity index (χ4n) is 1.08. The van der Waals surface area contributed by atoms with Gasteiger partial charge in [0.2, 0.25) is 9.79 Å². The molecule has 2 atom stereocenters. The normalized spacial score (nSPS) is 15.1. The van der Waals surface area contributed by atoms with Crippen LogP contribution in [0.1, 0.15) is 13.8 Å². The highest BCUT2D eigenvalue weighted by Gasteiger charge is 2.21. The fourth-order valence-corrected chi connectivity index (χ4v) is 3.25. The van der Waals surface area contributed by atoms with Crippen molar-refractivity contribution in [2.45, 2.75) is 23.6 Å². The van der Waals surface area contributed by atoms with Crippen molar-refractivity contribution in [2.75, 3.05) is 11.5 Å². The Balaban J connectivity index is 3.02. The lowest BCUT2D eigenvalue weighted by molar-refractivity contribution is 0.584. The summed E-state index contributed by atoms with van der Waals surface area (Å²) in [5.74, 6) is 1.10. The molecule has 2 nitrogen and oxygen atoms in total. The zero-order valence-electron chi connectivity index (χ0n) is 8.28. The molecule has 0 fully saturated rings. The second kappa shape index (κ2) is 5.66. The summed E-state index contributed by atoms with van der Waals surface area (Å²) in [7, 11) is 0. The van der Waals surface area contributed by atoms with Gasteiger partial charge in [-0.25, -0.2) is 0 Å². The summed E-state index contributed by atoms with van der Waals surface area (Å²) < 4.78 is 23.2. The van der Waals surface area contributed by atoms with Crippen molar-refractivity contribution in [3.63, 3.8) is 0 Å². The molecule has 0 aromatic heterocycles. The van der Waals surface area contributed by atoms with Crippen molar-refractivity contribution >= 4 is 22.4 Å². The minimum atomic E-state index is -1.05. The van der Waals surface area contributed by atoms with Gasteiger partial charge in [0, 0.05) is 6.07 Å². The van der Waals surface area contributed by atoms with Gasteiger partial charge in [0.25, 0.3) is 0 Å². The van der Waals surface area contributed by atoms with Crippen LogP contribution >= 0.6 is 0 Å². The molecule has 0 N–H and O–H groups in total. The Hall–Kier alpha value is -0.160. The number of hydrogen-bond donors (Lipinski definition) is 0. The van der Waals surface area contributed by atoms with Gasteiger partial charge in [0.05, 0.1) is 0 Å². The lowest BCUT2D eigenvalue weighted by Gasteiger charge is -2.13. The van der Waals surface area contributed by atoms with Crippen molar-refractivity contribution in [1.82, 2.24) is 0 Å². The van der Waals surface area contributed by atoms with Crippen molar-refractivity contribution in [3.8, 4) is 0 Å². The molecule has 14 heavy (non-hydrogen) atoms. The van der Waals surface area contributed by atoms with Gasteiger partial charge in [-0.1, -0.05) is 0 Å². The van der Waals surface area contributed by atoms with E-state index in [2.05, 4.69) is 6.07 Å². The minimum Gasteiger partial charge on any atom is -0.611 e. The molecule has 1 aromatic rings. The first-order valence-electron chi connectivity index (χ1n) is 4.47. The van der Waals surface area contributed by atoms with E-state index in [1.807, 2.05) is 13.8 Å². The van der Waals surface area contributed by atoms with E-state index in [4.69, 9.17) is 0 Å². The summed E-state index contributed by atoms with van der Waals surface area (Å²) in [6.45, 7) is 3.70. The first kappa shape index (κ1) is 11.9. The molecule has 1 rings (SSSR count). The van der Waals surface area contributed by atoms with Crippen molar-refractivity contribution in [2.24, 2.45) is 0 Å². The first-order chi connectivity index (χ1) is 6.70. The molecule has 77 valence electrons. The average Bonchev–Trinajstić information content (AvgIpc) is 2.27. The van der Waals surface area contributed by atoms with Crippen LogP contribution in [-0.2, 0) is 22.4 Å². The smallest absolute Gasteiger partial charge is 0.208 e. The summed E-state index contributed by atoms with van der Waals surface area (Å²) in [5.41, 5.74) is 0. The highest BCUT2D eigenvalue weighted by atomic mass is 32.2. The Labute approximate surface area is 91.1 Å². The van der Waals surface area contributed by atoms with Gasteiger partial charge >= 0.3 is 0 Å². The van der Waals surface area contributed by atoms with Gasteiger partial charge in [-0.3, -0.25) is 0 Å². The summed E-state index contributed by atoms with van der Waals surface area (Å²) in [5, 5.41) is 0. The van der Waals surface area contributed by atoms with Crippen molar-refractivity contribution in [1.29, 1.82) is 0 Å². The van der Waals surface area contributed by atoms with E-state index in [1.165, 1.54) is 0 Å². The zero-order chi connectivity index (χ0) is 10.6. The lowest BCUT2D eigenvalue weighted by atomic mass is 10.4. The van der Waals surface area contributed by atoms with Crippen LogP contribution in [0.15, 0.2) is 28.0 Å². The number of benzene rings is 1. The molecular formula is C10H13O2S2. The van der Waals surface area contributed by atoms with Gasteiger partial charge in [-0.2, -0.15) is 0 Å². The van der Waals surface area contributed by atoms with E-state index in [0.29, 0.717) is 21.3 Å². The van der Waals surface area contributed by atoms with Gasteiger partial charge < -0.3 is 9.11 Å². The second-order valence-electron chi connectivity index (χ2n) is 2.64. The summed E-state index contributed by atoms with van der Waals surface area (Å²) in [6, 6.07) is 7.98. The minimum absolute atomic E-state index is 0.547. The highest BCUT2D eigenvalue weighted by Crippen LogP contribution is 2.22. The van der Waals surface area contributed by atoms with E-state index < -0.39 is 22.4 Å². The maximum atomic E-state index is 11.6. The Morgan fingerprint density at radius 1 is 1.14 bits per heavy atom. The molecular weight excluding hydrogens is 216 g/mol. The molecule has 0 aliphatic rings. The zero-order valence-corrected chi connectivity index (χ0v) is 9.91. The molecule has 2 unspecified atom stereocenters. The van der Waals surface area contributed by atoms with Crippen molar-refractivity contribution in [3.05, 3.63) is 24.3 Å². The topological polar surface area (TPSA) is 46.1 Å². The maximum absolute atomic E-state index is 11.6. The third kappa shape index (κ3) is 2.67. The monoisotopic (exact) mass is 229 g/mol. The molecule has 0 saturated heterocycles. The molecule has 0 aliphatic heterocycles. The molecule has 0 heterocycles. The molecule has 0 aliphatic carbocycles. The molecule has 0 spiro atoms. The van der Waals surface area contributed by atoms with Crippen LogP contribution in [0, 0.1) is 6.07 Å². The summed E-state index contributed by atoms with van der Waals surface area (Å²) >= 11 is -2.09. The number of hydrogen-bond acceptors (Lipinski definition) is 2. The van der Waals surface area contributed by atoms with Crippen LogP contribution in [0.3, 0.4) is 0 Å². The van der Waals surface area contributed by atoms with Gasteiger partial charge in [-0.05, 0) is 54.4 Å². The van der Waals surface area contributed by atoms with E-state index in [-0.39, 0.29) is 0 Å². The van der Waals surface area contributed by atoms with Crippen molar-refractivity contribution < 1.29 is 9.11 Å². The third-order valence-electron chi connectivity index (χ3n) is 1.80. The molecule has 1 aromatic carbocycles. The van der Waals surface area contributed by atoms with Gasteiger partial charge in [-0.15, -0.1) is 0 Å². The Bertz CT molecular complexity index is 262. The quantitative estimate of drug-likeness (QED) is 0.738. The Morgan fingerprint density at radius 2 is 1.71 bits per heavy atom. The van der Waals surface area contributed by atoms with E-state index in [1.54, 1.807) is 18.2 Å². The van der Waals surface area contributed by atoms with E-state index in [9.17, 15) is 9.11 Å². The molecule has 0 amide bonds. The molecule has 1 radical (unpaired) electrons. The predicted molar refractivity (Wildman–Crippen MR) is 59.2 cm³/mol. The average molecular weight is 229 g/mol. The standard InChI is InChI=1S/C10H13O2S2/c1-3-13(11)9-7-5-6-8-10(9)14(12)4-2/h5,7-8H,3-4H2,1-2H3. The van der Waals surface area contributed by atoms with E-state index in [0.717, 1.165) is 0 Å². The van der Waals surface area contributed by atoms with Crippen LogP contribution < -0.4 is 0 Å². The van der Waals surface area contributed by atoms with Crippen LogP contribution in [0.4, 0.5) is 0 Å². The largest absolute Gasteiger partial charge is 0.611 e. The Morgan fingerprint density at radius 3 is 2.29 bits per heavy atom. The second-order valence-corrected chi connectivity index (χ2v) is 6.06. The van der Waals surface area contributed by atoms with Gasteiger partial charge in [0.15, 0.2) is 0 Å². The van der Waals surface area contributed by atoms with Crippen LogP contribution in [0.2, 0.25) is 0 Å². The first-order valence-corrected chi connectivity index (χ1v) is 7.11. The highest BCUT2D eigenvalue weighted by molar-refractivity contribution is 7.94. The summed E-state index contributed by atoms with van der Waals surface area (Å²) in [6.07, 6.45) is 0. The van der Waals surface area contributed by atoms with Crippen LogP contribution in [0.25, 0.3) is 0 Å². The van der Waals surface area contributed by atoms with E-state index >= 15 is 0 Å². The van der Waals surface area contributed by atoms with Crippen LogP contribution in [0.5, 0.6) is 0 Å². The van der Waals surface area contributed by atoms with Crippen LogP contribution in [-0.4, -0.2) is 20.6 Å². The molecule has 0 saturated carbocycles. The SMILES string of the molecule is CC[S+]([O-])c1c[c]ccc1[S+]([O-])CC. The third-order valence-corrected chi connectivity index (χ3v) is 4.66. The predicted octanol–water partition coefficient (Wildman–Crippen LogP) is 1.74. The maximum Gasteiger partial charge on any atom is 0.208 e. The lowest BCUT2D eigenvalue weighted by Crippen LogP contribution is -2.12. The van der Waals surface area contributed by atoms with Gasteiger partial charge in [0.1, 0.15) is 11.5 Å².